The monoisotopic (exact) mass is 260 g/mol. The summed E-state index contributed by atoms with van der Waals surface area (Å²) in [6.07, 6.45) is 0. The molecule has 2 N–H and O–H groups in total. The lowest BCUT2D eigenvalue weighted by Gasteiger charge is -2.02. The lowest BCUT2D eigenvalue weighted by molar-refractivity contribution is 0.102. The van der Waals surface area contributed by atoms with E-state index < -0.39 is 5.76 Å². The molecule has 0 radical (unpaired) electrons. The Morgan fingerprint density at radius 1 is 1.33 bits per heavy atom. The van der Waals surface area contributed by atoms with E-state index in [1.54, 1.807) is 29.6 Å². The van der Waals surface area contributed by atoms with Crippen LogP contribution in [0.3, 0.4) is 0 Å². The highest BCUT2D eigenvalue weighted by Gasteiger charge is 2.07. The number of H-pyrrole nitrogens is 1. The molecular formula is C12H8N2O3S. The van der Waals surface area contributed by atoms with E-state index in [4.69, 9.17) is 4.42 Å². The zero-order valence-corrected chi connectivity index (χ0v) is 9.91. The molecule has 0 atom stereocenters. The first kappa shape index (κ1) is 10.8. The number of rotatable bonds is 2. The standard InChI is InChI=1S/C12H8N2O3S/c15-11(7-3-4-18-6-7)13-8-1-2-10-9(5-8)14-12(16)17-10/h1-6H,(H,13,15)(H,14,16). The van der Waals surface area contributed by atoms with Crippen molar-refractivity contribution >= 4 is 34.0 Å². The largest absolute Gasteiger partial charge is 0.417 e. The van der Waals surface area contributed by atoms with Gasteiger partial charge in [-0.1, -0.05) is 0 Å². The summed E-state index contributed by atoms with van der Waals surface area (Å²) in [4.78, 5) is 25.4. The number of aromatic nitrogens is 1. The van der Waals surface area contributed by atoms with E-state index in [1.165, 1.54) is 11.3 Å². The van der Waals surface area contributed by atoms with Crippen LogP contribution >= 0.6 is 11.3 Å². The number of hydrogen-bond donors (Lipinski definition) is 2. The summed E-state index contributed by atoms with van der Waals surface area (Å²) in [6.45, 7) is 0. The molecular weight excluding hydrogens is 252 g/mol. The average molecular weight is 260 g/mol. The number of carbonyl (C=O) groups excluding carboxylic acids is 1. The van der Waals surface area contributed by atoms with Crippen LogP contribution in [-0.2, 0) is 0 Å². The van der Waals surface area contributed by atoms with Crippen LogP contribution < -0.4 is 11.1 Å². The van der Waals surface area contributed by atoms with Crippen molar-refractivity contribution in [2.45, 2.75) is 0 Å². The SMILES string of the molecule is O=C(Nc1ccc2oc(=O)[nH]c2c1)c1ccsc1. The third kappa shape index (κ3) is 1.93. The Morgan fingerprint density at radius 3 is 3.00 bits per heavy atom. The van der Waals surface area contributed by atoms with Crippen LogP contribution in [0.4, 0.5) is 5.69 Å². The van der Waals surface area contributed by atoms with Crippen LogP contribution in [0.25, 0.3) is 11.1 Å². The molecule has 0 bridgehead atoms. The van der Waals surface area contributed by atoms with Gasteiger partial charge in [-0.2, -0.15) is 11.3 Å². The summed E-state index contributed by atoms with van der Waals surface area (Å²) in [7, 11) is 0. The highest BCUT2D eigenvalue weighted by atomic mass is 32.1. The molecule has 1 aromatic carbocycles. The first-order valence-electron chi connectivity index (χ1n) is 5.19. The number of carbonyl (C=O) groups is 1. The molecule has 5 nitrogen and oxygen atoms in total. The second kappa shape index (κ2) is 4.15. The molecule has 0 saturated heterocycles. The molecule has 0 spiro atoms. The second-order valence-corrected chi connectivity index (χ2v) is 4.47. The Kier molecular flexibility index (Phi) is 2.49. The highest BCUT2D eigenvalue weighted by Crippen LogP contribution is 2.17. The number of thiophene rings is 1. The van der Waals surface area contributed by atoms with Crippen molar-refractivity contribution in [3.05, 3.63) is 51.1 Å². The van der Waals surface area contributed by atoms with Crippen LogP contribution in [-0.4, -0.2) is 10.9 Å². The lowest BCUT2D eigenvalue weighted by Crippen LogP contribution is -2.10. The number of benzene rings is 1. The maximum Gasteiger partial charge on any atom is 0.417 e. The lowest BCUT2D eigenvalue weighted by atomic mass is 10.2. The minimum absolute atomic E-state index is 0.179. The van der Waals surface area contributed by atoms with Crippen LogP contribution in [0, 0.1) is 0 Å². The fourth-order valence-corrected chi connectivity index (χ4v) is 2.26. The molecule has 0 saturated carbocycles. The quantitative estimate of drug-likeness (QED) is 0.743. The van der Waals surface area contributed by atoms with Gasteiger partial charge in [0.05, 0.1) is 11.1 Å². The fourth-order valence-electron chi connectivity index (χ4n) is 1.63. The van der Waals surface area contributed by atoms with E-state index >= 15 is 0 Å². The molecule has 0 aliphatic carbocycles. The third-order valence-electron chi connectivity index (χ3n) is 2.46. The number of oxazole rings is 1. The van der Waals surface area contributed by atoms with Gasteiger partial charge in [0.2, 0.25) is 0 Å². The third-order valence-corrected chi connectivity index (χ3v) is 3.14. The molecule has 2 heterocycles. The van der Waals surface area contributed by atoms with Gasteiger partial charge < -0.3 is 9.73 Å². The molecule has 3 rings (SSSR count). The molecule has 0 aliphatic rings. The van der Waals surface area contributed by atoms with Gasteiger partial charge in [0.15, 0.2) is 5.58 Å². The summed E-state index contributed by atoms with van der Waals surface area (Å²) >= 11 is 1.46. The Balaban J connectivity index is 1.91. The average Bonchev–Trinajstić information content (AvgIpc) is 2.95. The maximum absolute atomic E-state index is 11.8. The molecule has 0 aliphatic heterocycles. The van der Waals surface area contributed by atoms with Gasteiger partial charge in [-0.25, -0.2) is 4.79 Å². The second-order valence-electron chi connectivity index (χ2n) is 3.69. The van der Waals surface area contributed by atoms with Gasteiger partial charge in [0.1, 0.15) is 0 Å². The van der Waals surface area contributed by atoms with E-state index in [-0.39, 0.29) is 5.91 Å². The molecule has 90 valence electrons. The van der Waals surface area contributed by atoms with E-state index in [0.29, 0.717) is 22.4 Å². The molecule has 0 unspecified atom stereocenters. The van der Waals surface area contributed by atoms with Gasteiger partial charge >= 0.3 is 5.76 Å². The van der Waals surface area contributed by atoms with Crippen molar-refractivity contribution in [1.82, 2.24) is 4.98 Å². The number of nitrogens with one attached hydrogen (secondary N) is 2. The molecule has 2 aromatic heterocycles. The topological polar surface area (TPSA) is 75.1 Å². The summed E-state index contributed by atoms with van der Waals surface area (Å²) in [5.41, 5.74) is 2.24. The van der Waals surface area contributed by atoms with E-state index in [9.17, 15) is 9.59 Å². The molecule has 6 heteroatoms. The van der Waals surface area contributed by atoms with Gasteiger partial charge in [-0.3, -0.25) is 9.78 Å². The summed E-state index contributed by atoms with van der Waals surface area (Å²) in [5, 5.41) is 6.36. The Bertz CT molecular complexity index is 755. The van der Waals surface area contributed by atoms with E-state index in [1.807, 2.05) is 5.38 Å². The number of hydrogen-bond acceptors (Lipinski definition) is 4. The summed E-state index contributed by atoms with van der Waals surface area (Å²) < 4.78 is 4.88. The molecule has 0 fully saturated rings. The van der Waals surface area contributed by atoms with Gasteiger partial charge in [0, 0.05) is 11.1 Å². The molecule has 1 amide bonds. The molecule has 3 aromatic rings. The smallest absolute Gasteiger partial charge is 0.408 e. The van der Waals surface area contributed by atoms with E-state index in [2.05, 4.69) is 10.3 Å². The fraction of sp³-hybridized carbons (Fsp3) is 0. The minimum atomic E-state index is -0.508. The predicted octanol–water partition coefficient (Wildman–Crippen LogP) is 2.43. The van der Waals surface area contributed by atoms with Crippen LogP contribution in [0.15, 0.2) is 44.2 Å². The number of fused-ring (bicyclic) bond motifs is 1. The van der Waals surface area contributed by atoms with Crippen molar-refractivity contribution in [2.24, 2.45) is 0 Å². The zero-order chi connectivity index (χ0) is 12.5. The van der Waals surface area contributed by atoms with Gasteiger partial charge in [0.25, 0.3) is 5.91 Å². The molecule has 18 heavy (non-hydrogen) atoms. The van der Waals surface area contributed by atoms with Crippen LogP contribution in [0.1, 0.15) is 10.4 Å². The summed E-state index contributed by atoms with van der Waals surface area (Å²) in [6, 6.07) is 6.72. The van der Waals surface area contributed by atoms with Gasteiger partial charge in [-0.15, -0.1) is 0 Å². The first-order chi connectivity index (χ1) is 8.72. The number of anilines is 1. The van der Waals surface area contributed by atoms with Crippen LogP contribution in [0.5, 0.6) is 0 Å². The van der Waals surface area contributed by atoms with Crippen molar-refractivity contribution in [3.63, 3.8) is 0 Å². The number of amides is 1. The highest BCUT2D eigenvalue weighted by molar-refractivity contribution is 7.08. The maximum atomic E-state index is 11.8. The first-order valence-corrected chi connectivity index (χ1v) is 6.13. The predicted molar refractivity (Wildman–Crippen MR) is 69.1 cm³/mol. The van der Waals surface area contributed by atoms with Crippen LogP contribution in [0.2, 0.25) is 0 Å². The zero-order valence-electron chi connectivity index (χ0n) is 9.10. The Labute approximate surface area is 105 Å². The number of aromatic amines is 1. The van der Waals surface area contributed by atoms with E-state index in [0.717, 1.165) is 0 Å². The van der Waals surface area contributed by atoms with Crippen molar-refractivity contribution < 1.29 is 9.21 Å². The minimum Gasteiger partial charge on any atom is -0.408 e. The summed E-state index contributed by atoms with van der Waals surface area (Å²) in [5.74, 6) is -0.687. The Hall–Kier alpha value is -2.34. The van der Waals surface area contributed by atoms with Crippen molar-refractivity contribution in [1.29, 1.82) is 0 Å². The van der Waals surface area contributed by atoms with Crippen molar-refractivity contribution in [3.8, 4) is 0 Å². The Morgan fingerprint density at radius 2 is 2.22 bits per heavy atom. The van der Waals surface area contributed by atoms with Gasteiger partial charge in [-0.05, 0) is 29.6 Å². The normalized spacial score (nSPS) is 10.7. The van der Waals surface area contributed by atoms with Crippen molar-refractivity contribution in [2.75, 3.05) is 5.32 Å².